The number of aromatic amines is 1. The zero-order valence-electron chi connectivity index (χ0n) is 12.9. The Morgan fingerprint density at radius 2 is 2.12 bits per heavy atom. The Labute approximate surface area is 146 Å². The van der Waals surface area contributed by atoms with Crippen molar-refractivity contribution in [3.63, 3.8) is 0 Å². The number of para-hydroxylation sites is 2. The van der Waals surface area contributed by atoms with Gasteiger partial charge in [0.05, 0.1) is 12.3 Å². The quantitative estimate of drug-likeness (QED) is 0.512. The first kappa shape index (κ1) is 15.5. The lowest BCUT2D eigenvalue weighted by molar-refractivity contribution is 0.0918. The lowest BCUT2D eigenvalue weighted by Crippen LogP contribution is -2.22. The van der Waals surface area contributed by atoms with Crippen LogP contribution in [0.5, 0.6) is 0 Å². The van der Waals surface area contributed by atoms with Crippen molar-refractivity contribution in [1.29, 1.82) is 0 Å². The summed E-state index contributed by atoms with van der Waals surface area (Å²) in [5, 5.41) is 9.95. The third-order valence-corrected chi connectivity index (χ3v) is 4.27. The summed E-state index contributed by atoms with van der Waals surface area (Å²) < 4.78 is 11.1. The summed E-state index contributed by atoms with van der Waals surface area (Å²) in [7, 11) is 0. The Balaban J connectivity index is 1.34. The molecule has 0 radical (unpaired) electrons. The summed E-state index contributed by atoms with van der Waals surface area (Å²) in [4.78, 5) is 20.5. The summed E-state index contributed by atoms with van der Waals surface area (Å²) in [6.07, 6.45) is 1.44. The molecule has 0 saturated heterocycles. The standard InChI is InChI=1S/C16H13N5O3S/c22-15(17-7-14-20-11-3-1-2-4-12(11)24-14)13-6-5-10(23-13)8-25-16-18-9-19-21-16/h1-6,9H,7-8H2,(H,17,22)(H,18,19,21). The van der Waals surface area contributed by atoms with E-state index in [1.807, 2.05) is 24.3 Å². The molecule has 0 bridgehead atoms. The van der Waals surface area contributed by atoms with Crippen LogP contribution >= 0.6 is 11.8 Å². The maximum Gasteiger partial charge on any atom is 0.287 e. The molecule has 0 atom stereocenters. The second-order valence-electron chi connectivity index (χ2n) is 5.10. The van der Waals surface area contributed by atoms with Crippen molar-refractivity contribution >= 4 is 28.8 Å². The summed E-state index contributed by atoms with van der Waals surface area (Å²) >= 11 is 1.44. The molecule has 1 amide bonds. The number of hydrogen-bond donors (Lipinski definition) is 2. The number of aromatic nitrogens is 4. The van der Waals surface area contributed by atoms with E-state index in [0.717, 1.165) is 5.52 Å². The highest BCUT2D eigenvalue weighted by atomic mass is 32.2. The number of H-pyrrole nitrogens is 1. The van der Waals surface area contributed by atoms with E-state index in [-0.39, 0.29) is 18.2 Å². The molecule has 0 aliphatic heterocycles. The first-order chi connectivity index (χ1) is 12.3. The number of carbonyl (C=O) groups excluding carboxylic acids is 1. The Kier molecular flexibility index (Phi) is 4.21. The van der Waals surface area contributed by atoms with E-state index in [4.69, 9.17) is 8.83 Å². The van der Waals surface area contributed by atoms with Gasteiger partial charge in [0.1, 0.15) is 17.6 Å². The van der Waals surface area contributed by atoms with E-state index in [0.29, 0.717) is 28.1 Å². The number of amides is 1. The Hall–Kier alpha value is -3.07. The van der Waals surface area contributed by atoms with E-state index in [9.17, 15) is 4.79 Å². The molecular weight excluding hydrogens is 342 g/mol. The van der Waals surface area contributed by atoms with Gasteiger partial charge in [-0.1, -0.05) is 23.9 Å². The zero-order chi connectivity index (χ0) is 17.1. The van der Waals surface area contributed by atoms with Crippen LogP contribution in [0.4, 0.5) is 0 Å². The second-order valence-corrected chi connectivity index (χ2v) is 6.07. The van der Waals surface area contributed by atoms with Crippen LogP contribution in [0.25, 0.3) is 11.1 Å². The van der Waals surface area contributed by atoms with Gasteiger partial charge < -0.3 is 14.2 Å². The number of hydrogen-bond acceptors (Lipinski definition) is 7. The van der Waals surface area contributed by atoms with Crippen LogP contribution in [0.15, 0.2) is 56.7 Å². The molecule has 4 aromatic rings. The molecule has 3 aromatic heterocycles. The first-order valence-electron chi connectivity index (χ1n) is 7.47. The summed E-state index contributed by atoms with van der Waals surface area (Å²) in [5.74, 6) is 1.59. The van der Waals surface area contributed by atoms with Crippen LogP contribution in [0.1, 0.15) is 22.2 Å². The summed E-state index contributed by atoms with van der Waals surface area (Å²) in [6, 6.07) is 10.8. The highest BCUT2D eigenvalue weighted by Crippen LogP contribution is 2.20. The lowest BCUT2D eigenvalue weighted by atomic mass is 10.3. The molecule has 2 N–H and O–H groups in total. The van der Waals surface area contributed by atoms with Gasteiger partial charge in [0, 0.05) is 0 Å². The minimum atomic E-state index is -0.321. The highest BCUT2D eigenvalue weighted by molar-refractivity contribution is 7.98. The predicted octanol–water partition coefficient (Wildman–Crippen LogP) is 2.76. The number of carbonyl (C=O) groups is 1. The van der Waals surface area contributed by atoms with Crippen molar-refractivity contribution < 1.29 is 13.6 Å². The Morgan fingerprint density at radius 3 is 2.96 bits per heavy atom. The average molecular weight is 355 g/mol. The van der Waals surface area contributed by atoms with Gasteiger partial charge in [0.15, 0.2) is 16.5 Å². The molecule has 9 heteroatoms. The number of rotatable bonds is 6. The van der Waals surface area contributed by atoms with Gasteiger partial charge in [0.2, 0.25) is 5.89 Å². The van der Waals surface area contributed by atoms with Crippen molar-refractivity contribution in [2.45, 2.75) is 17.5 Å². The summed E-state index contributed by atoms with van der Waals surface area (Å²) in [6.45, 7) is 0.191. The number of fused-ring (bicyclic) bond motifs is 1. The molecule has 4 rings (SSSR count). The van der Waals surface area contributed by atoms with Crippen LogP contribution in [-0.4, -0.2) is 26.1 Å². The smallest absolute Gasteiger partial charge is 0.287 e. The van der Waals surface area contributed by atoms with Gasteiger partial charge in [-0.3, -0.25) is 9.89 Å². The molecule has 0 aliphatic rings. The number of thioether (sulfide) groups is 1. The Morgan fingerprint density at radius 1 is 1.20 bits per heavy atom. The van der Waals surface area contributed by atoms with Gasteiger partial charge in [-0.2, -0.15) is 5.10 Å². The largest absolute Gasteiger partial charge is 0.455 e. The molecule has 25 heavy (non-hydrogen) atoms. The second kappa shape index (κ2) is 6.81. The fourth-order valence-electron chi connectivity index (χ4n) is 2.22. The molecule has 1 aromatic carbocycles. The van der Waals surface area contributed by atoms with E-state index in [2.05, 4.69) is 25.5 Å². The fourth-order valence-corrected chi connectivity index (χ4v) is 2.89. The van der Waals surface area contributed by atoms with Crippen LogP contribution in [0.2, 0.25) is 0 Å². The van der Waals surface area contributed by atoms with E-state index >= 15 is 0 Å². The molecule has 0 saturated carbocycles. The molecular formula is C16H13N5O3S. The van der Waals surface area contributed by atoms with Gasteiger partial charge >= 0.3 is 0 Å². The average Bonchev–Trinajstić information content (AvgIpc) is 3.37. The van der Waals surface area contributed by atoms with Crippen LogP contribution in [0.3, 0.4) is 0 Å². The molecule has 0 aliphatic carbocycles. The zero-order valence-corrected chi connectivity index (χ0v) is 13.7. The molecule has 0 fully saturated rings. The van der Waals surface area contributed by atoms with Gasteiger partial charge in [0.25, 0.3) is 5.91 Å². The van der Waals surface area contributed by atoms with Crippen molar-refractivity contribution in [2.24, 2.45) is 0 Å². The SMILES string of the molecule is O=C(NCc1nc2ccccc2o1)c1ccc(CSc2ncn[nH]2)o1. The minimum absolute atomic E-state index is 0.191. The number of benzene rings is 1. The predicted molar refractivity (Wildman–Crippen MR) is 89.8 cm³/mol. The van der Waals surface area contributed by atoms with E-state index < -0.39 is 0 Å². The van der Waals surface area contributed by atoms with E-state index in [1.54, 1.807) is 12.1 Å². The van der Waals surface area contributed by atoms with Gasteiger partial charge in [-0.25, -0.2) is 9.97 Å². The molecule has 0 spiro atoms. The van der Waals surface area contributed by atoms with Crippen molar-refractivity contribution in [1.82, 2.24) is 25.5 Å². The Bertz CT molecular complexity index is 959. The topological polar surface area (TPSA) is 110 Å². The normalized spacial score (nSPS) is 11.0. The van der Waals surface area contributed by atoms with Gasteiger partial charge in [-0.15, -0.1) is 0 Å². The number of nitrogens with one attached hydrogen (secondary N) is 2. The van der Waals surface area contributed by atoms with Crippen LogP contribution in [0, 0.1) is 0 Å². The lowest BCUT2D eigenvalue weighted by Gasteiger charge is -1.99. The summed E-state index contributed by atoms with van der Waals surface area (Å²) in [5.41, 5.74) is 1.45. The molecule has 3 heterocycles. The maximum absolute atomic E-state index is 12.2. The third-order valence-electron chi connectivity index (χ3n) is 3.37. The van der Waals surface area contributed by atoms with Gasteiger partial charge in [-0.05, 0) is 24.3 Å². The molecule has 126 valence electrons. The fraction of sp³-hybridized carbons (Fsp3) is 0.125. The van der Waals surface area contributed by atoms with Crippen molar-refractivity contribution in [3.8, 4) is 0 Å². The molecule has 8 nitrogen and oxygen atoms in total. The van der Waals surface area contributed by atoms with Crippen LogP contribution in [-0.2, 0) is 12.3 Å². The monoisotopic (exact) mass is 355 g/mol. The number of nitrogens with zero attached hydrogens (tertiary/aromatic N) is 3. The first-order valence-corrected chi connectivity index (χ1v) is 8.46. The highest BCUT2D eigenvalue weighted by Gasteiger charge is 2.13. The third kappa shape index (κ3) is 3.56. The van der Waals surface area contributed by atoms with E-state index in [1.165, 1.54) is 18.1 Å². The number of furan rings is 1. The van der Waals surface area contributed by atoms with Crippen molar-refractivity contribution in [2.75, 3.05) is 0 Å². The number of oxazole rings is 1. The van der Waals surface area contributed by atoms with Crippen LogP contribution < -0.4 is 5.32 Å². The minimum Gasteiger partial charge on any atom is -0.455 e. The van der Waals surface area contributed by atoms with Crippen molar-refractivity contribution in [3.05, 3.63) is 60.1 Å². The maximum atomic E-state index is 12.2. The molecule has 0 unspecified atom stereocenters.